The van der Waals surface area contributed by atoms with Crippen molar-refractivity contribution in [2.24, 2.45) is 0 Å². The maximum atomic E-state index is 11.8. The maximum absolute atomic E-state index is 11.8. The van der Waals surface area contributed by atoms with E-state index in [4.69, 9.17) is 0 Å². The Labute approximate surface area is 181 Å². The van der Waals surface area contributed by atoms with Gasteiger partial charge in [0.1, 0.15) is 0 Å². The van der Waals surface area contributed by atoms with Gasteiger partial charge in [-0.1, -0.05) is 71.7 Å². The molecule has 0 aromatic heterocycles. The summed E-state index contributed by atoms with van der Waals surface area (Å²) in [4.78, 5) is 0.387. The number of sulfonamides is 1. The molecule has 2 rings (SSSR count). The molecular weight excluding hydrogens is 490 g/mol. The van der Waals surface area contributed by atoms with Crippen LogP contribution in [0, 0.1) is 0 Å². The molecule has 150 valence electrons. The van der Waals surface area contributed by atoms with Gasteiger partial charge in [-0.3, -0.25) is 0 Å². The molecule has 0 aliphatic heterocycles. The van der Waals surface area contributed by atoms with E-state index in [1.807, 2.05) is 19.9 Å². The summed E-state index contributed by atoms with van der Waals surface area (Å²) >= 11 is 7.00. The van der Waals surface area contributed by atoms with Gasteiger partial charge in [-0.2, -0.15) is 0 Å². The van der Waals surface area contributed by atoms with E-state index < -0.39 is 10.0 Å². The van der Waals surface area contributed by atoms with Crippen LogP contribution in [0.1, 0.15) is 49.9 Å². The number of halogens is 2. The van der Waals surface area contributed by atoms with Crippen molar-refractivity contribution in [1.82, 2.24) is 4.72 Å². The van der Waals surface area contributed by atoms with Gasteiger partial charge >= 0.3 is 0 Å². The number of rotatable bonds is 6. The normalized spacial score (nSPS) is 11.1. The fourth-order valence-corrected chi connectivity index (χ4v) is 5.08. The number of aryl methyl sites for hydroxylation is 4. The fraction of sp³-hybridized carbons (Fsp3) is 0.429. The minimum atomic E-state index is -3.36. The minimum absolute atomic E-state index is 0.387. The number of hydrogen-bond acceptors (Lipinski definition) is 2. The van der Waals surface area contributed by atoms with E-state index in [2.05, 4.69) is 68.6 Å². The Balaban J connectivity index is 0.000000289. The molecule has 0 spiro atoms. The van der Waals surface area contributed by atoms with Gasteiger partial charge in [0, 0.05) is 8.95 Å². The third-order valence-electron chi connectivity index (χ3n) is 4.46. The summed E-state index contributed by atoms with van der Waals surface area (Å²) in [6.45, 7) is 8.29. The average molecular weight is 519 g/mol. The van der Waals surface area contributed by atoms with E-state index in [1.165, 1.54) is 22.6 Å². The van der Waals surface area contributed by atoms with Crippen LogP contribution in [0.25, 0.3) is 0 Å². The van der Waals surface area contributed by atoms with Gasteiger partial charge in [-0.25, -0.2) is 13.1 Å². The lowest BCUT2D eigenvalue weighted by Gasteiger charge is -2.11. The van der Waals surface area contributed by atoms with Gasteiger partial charge in [0.05, 0.1) is 4.90 Å². The summed E-state index contributed by atoms with van der Waals surface area (Å²) in [5.74, 6) is 0. The van der Waals surface area contributed by atoms with Gasteiger partial charge in [0.25, 0.3) is 0 Å². The molecule has 1 N–H and O–H groups in total. The van der Waals surface area contributed by atoms with Crippen LogP contribution >= 0.6 is 31.9 Å². The first-order valence-corrected chi connectivity index (χ1v) is 12.3. The first-order chi connectivity index (χ1) is 12.7. The van der Waals surface area contributed by atoms with Crippen molar-refractivity contribution in [2.45, 2.75) is 58.3 Å². The molecule has 0 saturated heterocycles. The molecule has 0 radical (unpaired) electrons. The topological polar surface area (TPSA) is 46.2 Å². The zero-order valence-corrected chi connectivity index (χ0v) is 20.7. The SMILES string of the molecule is CCc1cc(S(=O)(=O)NC)c(CC)cc1Br.CCc1ccc(CC)c(Br)c1. The molecule has 0 fully saturated rings. The van der Waals surface area contributed by atoms with Gasteiger partial charge in [0.15, 0.2) is 0 Å². The number of benzene rings is 2. The van der Waals surface area contributed by atoms with Crippen LogP contribution in [-0.4, -0.2) is 15.5 Å². The summed E-state index contributed by atoms with van der Waals surface area (Å²) in [7, 11) is -1.93. The van der Waals surface area contributed by atoms with Crippen LogP contribution in [-0.2, 0) is 35.7 Å². The van der Waals surface area contributed by atoms with E-state index in [9.17, 15) is 8.42 Å². The van der Waals surface area contributed by atoms with E-state index in [0.29, 0.717) is 11.3 Å². The molecular formula is C21H29Br2NO2S. The molecule has 0 aliphatic carbocycles. The molecule has 6 heteroatoms. The van der Waals surface area contributed by atoms with Crippen LogP contribution in [0.3, 0.4) is 0 Å². The predicted molar refractivity (Wildman–Crippen MR) is 122 cm³/mol. The van der Waals surface area contributed by atoms with Crippen molar-refractivity contribution < 1.29 is 8.42 Å². The highest BCUT2D eigenvalue weighted by Gasteiger charge is 2.17. The zero-order chi connectivity index (χ0) is 20.6. The van der Waals surface area contributed by atoms with Crippen LogP contribution in [0.4, 0.5) is 0 Å². The summed E-state index contributed by atoms with van der Waals surface area (Å²) in [5.41, 5.74) is 4.63. The molecule has 0 atom stereocenters. The lowest BCUT2D eigenvalue weighted by Crippen LogP contribution is -2.20. The molecule has 27 heavy (non-hydrogen) atoms. The Morgan fingerprint density at radius 3 is 1.78 bits per heavy atom. The molecule has 2 aromatic carbocycles. The van der Waals surface area contributed by atoms with Crippen LogP contribution in [0.2, 0.25) is 0 Å². The zero-order valence-electron chi connectivity index (χ0n) is 16.7. The molecule has 2 aromatic rings. The van der Waals surface area contributed by atoms with Crippen molar-refractivity contribution in [3.05, 3.63) is 61.5 Å². The van der Waals surface area contributed by atoms with Crippen LogP contribution in [0.5, 0.6) is 0 Å². The Hall–Kier alpha value is -0.690. The first-order valence-electron chi connectivity index (χ1n) is 9.25. The predicted octanol–water partition coefficient (Wildman–Crippen LogP) is 6.06. The summed E-state index contributed by atoms with van der Waals surface area (Å²) in [6, 6.07) is 10.2. The van der Waals surface area contributed by atoms with E-state index in [1.54, 1.807) is 6.07 Å². The summed E-state index contributed by atoms with van der Waals surface area (Å²) in [6.07, 6.45) is 3.71. The van der Waals surface area contributed by atoms with Gasteiger partial charge in [-0.15, -0.1) is 0 Å². The Morgan fingerprint density at radius 2 is 1.33 bits per heavy atom. The lowest BCUT2D eigenvalue weighted by molar-refractivity contribution is 0.587. The first kappa shape index (κ1) is 24.3. The molecule has 0 amide bonds. The van der Waals surface area contributed by atoms with Crippen molar-refractivity contribution in [3.8, 4) is 0 Å². The molecule has 0 bridgehead atoms. The van der Waals surface area contributed by atoms with Crippen molar-refractivity contribution in [3.63, 3.8) is 0 Å². The monoisotopic (exact) mass is 517 g/mol. The average Bonchev–Trinajstić information content (AvgIpc) is 2.67. The molecule has 3 nitrogen and oxygen atoms in total. The highest BCUT2D eigenvalue weighted by Crippen LogP contribution is 2.26. The summed E-state index contributed by atoms with van der Waals surface area (Å²) in [5, 5.41) is 0. The van der Waals surface area contributed by atoms with Crippen LogP contribution < -0.4 is 4.72 Å². The van der Waals surface area contributed by atoms with Crippen molar-refractivity contribution >= 4 is 41.9 Å². The Bertz CT molecular complexity index is 865. The second-order valence-electron chi connectivity index (χ2n) is 6.10. The minimum Gasteiger partial charge on any atom is -0.214 e. The number of hydrogen-bond donors (Lipinski definition) is 1. The van der Waals surface area contributed by atoms with E-state index >= 15 is 0 Å². The van der Waals surface area contributed by atoms with Gasteiger partial charge < -0.3 is 0 Å². The second kappa shape index (κ2) is 11.3. The van der Waals surface area contributed by atoms with Gasteiger partial charge in [0.2, 0.25) is 10.0 Å². The third-order valence-corrected chi connectivity index (χ3v) is 7.43. The van der Waals surface area contributed by atoms with E-state index in [0.717, 1.165) is 34.9 Å². The number of nitrogens with one attached hydrogen (secondary N) is 1. The van der Waals surface area contributed by atoms with Crippen molar-refractivity contribution in [2.75, 3.05) is 7.05 Å². The standard InChI is InChI=1S/C11H16BrNO2S.C10H13Br/c1-4-8-7-11(16(14,15)13-3)9(5-2)6-10(8)12;1-3-8-5-6-9(4-2)10(11)7-8/h6-7,13H,4-5H2,1-3H3;5-7H,3-4H2,1-2H3. The highest BCUT2D eigenvalue weighted by atomic mass is 79.9. The van der Waals surface area contributed by atoms with E-state index in [-0.39, 0.29) is 0 Å². The van der Waals surface area contributed by atoms with Crippen LogP contribution in [0.15, 0.2) is 44.2 Å². The second-order valence-corrected chi connectivity index (χ2v) is 9.66. The Kier molecular flexibility index (Phi) is 10.2. The smallest absolute Gasteiger partial charge is 0.214 e. The summed E-state index contributed by atoms with van der Waals surface area (Å²) < 4.78 is 28.3. The molecule has 0 unspecified atom stereocenters. The quantitative estimate of drug-likeness (QED) is 0.505. The maximum Gasteiger partial charge on any atom is 0.240 e. The largest absolute Gasteiger partial charge is 0.240 e. The van der Waals surface area contributed by atoms with Crippen molar-refractivity contribution in [1.29, 1.82) is 0 Å². The third kappa shape index (κ3) is 6.70. The molecule has 0 saturated carbocycles. The molecule has 0 heterocycles. The molecule has 0 aliphatic rings. The van der Waals surface area contributed by atoms with Gasteiger partial charge in [-0.05, 0) is 73.2 Å². The Morgan fingerprint density at radius 1 is 0.778 bits per heavy atom. The lowest BCUT2D eigenvalue weighted by atomic mass is 10.1. The fourth-order valence-electron chi connectivity index (χ4n) is 2.64. The highest BCUT2D eigenvalue weighted by molar-refractivity contribution is 9.10.